The number of thioether (sulfide) groups is 1. The Morgan fingerprint density at radius 3 is 2.11 bits per heavy atom. The standard InChI is InChI=1S/C22H17Cl3F7NOS/c1-10(9-35-2)33-20(34)13-4-3-11(5-15(13)22(30,31)32)18(26)8-14(21(27,28)29)12-6-16(23)19(25)17(24)7-12/h3-8,10,14H,9H2,1-2H3,(H,33,34)/b18-8-. The van der Waals surface area contributed by atoms with Crippen molar-refractivity contribution in [3.05, 3.63) is 73.7 Å². The van der Waals surface area contributed by atoms with Crippen LogP contribution in [0.4, 0.5) is 30.7 Å². The summed E-state index contributed by atoms with van der Waals surface area (Å²) in [6.45, 7) is 1.59. The normalized spacial score (nSPS) is 14.6. The van der Waals surface area contributed by atoms with Crippen molar-refractivity contribution in [3.63, 3.8) is 0 Å². The summed E-state index contributed by atoms with van der Waals surface area (Å²) in [5, 5.41) is 1.55. The molecule has 2 nitrogen and oxygen atoms in total. The van der Waals surface area contributed by atoms with Crippen LogP contribution >= 0.6 is 46.6 Å². The predicted octanol–water partition coefficient (Wildman–Crippen LogP) is 8.80. The van der Waals surface area contributed by atoms with Crippen molar-refractivity contribution in [1.29, 1.82) is 0 Å². The number of carbonyl (C=O) groups is 1. The number of carbonyl (C=O) groups excluding carboxylic acids is 1. The maximum Gasteiger partial charge on any atom is 0.417 e. The van der Waals surface area contributed by atoms with Crippen LogP contribution in [0.15, 0.2) is 36.4 Å². The van der Waals surface area contributed by atoms with Crippen LogP contribution in [0.1, 0.15) is 39.9 Å². The van der Waals surface area contributed by atoms with E-state index in [1.807, 2.05) is 0 Å². The van der Waals surface area contributed by atoms with Gasteiger partial charge in [-0.05, 0) is 49.1 Å². The van der Waals surface area contributed by atoms with E-state index >= 15 is 0 Å². The first-order chi connectivity index (χ1) is 16.1. The summed E-state index contributed by atoms with van der Waals surface area (Å²) in [6.07, 6.45) is -8.27. The minimum absolute atomic E-state index is 0.103. The van der Waals surface area contributed by atoms with E-state index < -0.39 is 58.3 Å². The highest BCUT2D eigenvalue weighted by Gasteiger charge is 2.41. The first-order valence-electron chi connectivity index (χ1n) is 9.66. The maximum atomic E-state index is 14.9. The van der Waals surface area contributed by atoms with Crippen LogP contribution < -0.4 is 5.32 Å². The first-order valence-corrected chi connectivity index (χ1v) is 12.2. The van der Waals surface area contributed by atoms with E-state index in [2.05, 4.69) is 5.32 Å². The van der Waals surface area contributed by atoms with Gasteiger partial charge in [-0.1, -0.05) is 40.9 Å². The molecule has 0 spiro atoms. The molecule has 0 saturated carbocycles. The summed E-state index contributed by atoms with van der Waals surface area (Å²) in [4.78, 5) is 12.4. The zero-order valence-electron chi connectivity index (χ0n) is 17.9. The fourth-order valence-electron chi connectivity index (χ4n) is 3.10. The van der Waals surface area contributed by atoms with Crippen LogP contribution in [0.2, 0.25) is 15.1 Å². The van der Waals surface area contributed by atoms with Gasteiger partial charge in [0.15, 0.2) is 0 Å². The Labute approximate surface area is 215 Å². The van der Waals surface area contributed by atoms with Gasteiger partial charge in [-0.2, -0.15) is 38.1 Å². The van der Waals surface area contributed by atoms with Crippen LogP contribution in [0.5, 0.6) is 0 Å². The molecular formula is C22H17Cl3F7NOS. The van der Waals surface area contributed by atoms with E-state index in [-0.39, 0.29) is 27.2 Å². The lowest BCUT2D eigenvalue weighted by Crippen LogP contribution is -2.35. The first kappa shape index (κ1) is 29.6. The molecule has 0 bridgehead atoms. The SMILES string of the molecule is CSCC(C)NC(=O)c1ccc(/C(F)=C/C(c2cc(Cl)c(Cl)c(Cl)c2)C(F)(F)F)cc1C(F)(F)F. The number of halogens is 10. The van der Waals surface area contributed by atoms with Gasteiger partial charge in [0.2, 0.25) is 0 Å². The third-order valence-corrected chi connectivity index (χ3v) is 6.70. The summed E-state index contributed by atoms with van der Waals surface area (Å²) in [7, 11) is 0. The lowest BCUT2D eigenvalue weighted by atomic mass is 9.95. The number of allylic oxidation sites excluding steroid dienone is 1. The molecule has 2 aromatic rings. The molecule has 13 heteroatoms. The molecule has 35 heavy (non-hydrogen) atoms. The van der Waals surface area contributed by atoms with Crippen molar-refractivity contribution < 1.29 is 35.5 Å². The summed E-state index contributed by atoms with van der Waals surface area (Å²) < 4.78 is 96.9. The summed E-state index contributed by atoms with van der Waals surface area (Å²) in [6, 6.07) is 3.01. The molecule has 1 N–H and O–H groups in total. The maximum absolute atomic E-state index is 14.9. The lowest BCUT2D eigenvalue weighted by molar-refractivity contribution is -0.140. The number of amides is 1. The van der Waals surface area contributed by atoms with Crippen molar-refractivity contribution in [2.45, 2.75) is 31.2 Å². The van der Waals surface area contributed by atoms with Gasteiger partial charge in [0.25, 0.3) is 5.91 Å². The van der Waals surface area contributed by atoms with Crippen molar-refractivity contribution in [3.8, 4) is 0 Å². The largest absolute Gasteiger partial charge is 0.417 e. The molecule has 0 saturated heterocycles. The number of hydrogen-bond acceptors (Lipinski definition) is 2. The number of benzene rings is 2. The summed E-state index contributed by atoms with van der Waals surface area (Å²) >= 11 is 18.7. The molecule has 2 unspecified atom stereocenters. The van der Waals surface area contributed by atoms with Gasteiger partial charge in [-0.3, -0.25) is 4.79 Å². The van der Waals surface area contributed by atoms with E-state index in [1.54, 1.807) is 13.2 Å². The fraction of sp³-hybridized carbons (Fsp3) is 0.318. The molecule has 0 aromatic heterocycles. The van der Waals surface area contributed by atoms with E-state index in [4.69, 9.17) is 34.8 Å². The number of rotatable bonds is 7. The predicted molar refractivity (Wildman–Crippen MR) is 126 cm³/mol. The number of nitrogens with one attached hydrogen (secondary N) is 1. The molecular weight excluding hydrogens is 566 g/mol. The van der Waals surface area contributed by atoms with Crippen LogP contribution in [-0.4, -0.2) is 30.1 Å². The van der Waals surface area contributed by atoms with Gasteiger partial charge in [-0.15, -0.1) is 0 Å². The highest BCUT2D eigenvalue weighted by atomic mass is 35.5. The van der Waals surface area contributed by atoms with Gasteiger partial charge in [0.1, 0.15) is 11.7 Å². The van der Waals surface area contributed by atoms with Crippen molar-refractivity contribution >= 4 is 58.3 Å². The molecule has 192 valence electrons. The molecule has 0 aliphatic rings. The minimum atomic E-state index is -5.08. The molecule has 0 radical (unpaired) electrons. The van der Waals surface area contributed by atoms with Crippen LogP contribution in [-0.2, 0) is 6.18 Å². The Kier molecular flexibility index (Phi) is 9.83. The van der Waals surface area contributed by atoms with E-state index in [9.17, 15) is 35.5 Å². The van der Waals surface area contributed by atoms with E-state index in [0.29, 0.717) is 11.8 Å². The molecule has 0 aliphatic heterocycles. The lowest BCUT2D eigenvalue weighted by Gasteiger charge is -2.19. The third-order valence-electron chi connectivity index (χ3n) is 4.67. The molecule has 0 heterocycles. The van der Waals surface area contributed by atoms with Crippen molar-refractivity contribution in [1.82, 2.24) is 5.32 Å². The second-order valence-electron chi connectivity index (χ2n) is 7.42. The highest BCUT2D eigenvalue weighted by Crippen LogP contribution is 2.42. The van der Waals surface area contributed by atoms with Gasteiger partial charge in [-0.25, -0.2) is 4.39 Å². The molecule has 2 rings (SSSR count). The Hall–Kier alpha value is -1.62. The van der Waals surface area contributed by atoms with Gasteiger partial charge in [0, 0.05) is 17.4 Å². The fourth-order valence-corrected chi connectivity index (χ4v) is 4.29. The summed E-state index contributed by atoms with van der Waals surface area (Å²) in [5.74, 6) is -4.81. The smallest absolute Gasteiger partial charge is 0.349 e. The number of alkyl halides is 6. The summed E-state index contributed by atoms with van der Waals surface area (Å²) in [5.41, 5.74) is -3.65. The Morgan fingerprint density at radius 1 is 1.06 bits per heavy atom. The van der Waals surface area contributed by atoms with Gasteiger partial charge >= 0.3 is 12.4 Å². The third kappa shape index (κ3) is 7.68. The molecule has 0 aliphatic carbocycles. The monoisotopic (exact) mass is 581 g/mol. The Morgan fingerprint density at radius 2 is 1.63 bits per heavy atom. The average Bonchev–Trinajstić information content (AvgIpc) is 2.73. The Bertz CT molecular complexity index is 1100. The van der Waals surface area contributed by atoms with Crippen LogP contribution in [0.3, 0.4) is 0 Å². The van der Waals surface area contributed by atoms with E-state index in [0.717, 1.165) is 18.2 Å². The average molecular weight is 583 g/mol. The quantitative estimate of drug-likeness (QED) is 0.261. The van der Waals surface area contributed by atoms with Gasteiger partial charge < -0.3 is 5.32 Å². The molecule has 0 fully saturated rings. The molecule has 2 aromatic carbocycles. The Balaban J connectivity index is 2.55. The van der Waals surface area contributed by atoms with Crippen LogP contribution in [0.25, 0.3) is 5.83 Å². The van der Waals surface area contributed by atoms with Gasteiger partial charge in [0.05, 0.1) is 26.2 Å². The second-order valence-corrected chi connectivity index (χ2v) is 9.52. The minimum Gasteiger partial charge on any atom is -0.349 e. The second kappa shape index (κ2) is 11.6. The number of hydrogen-bond donors (Lipinski definition) is 1. The van der Waals surface area contributed by atoms with Crippen molar-refractivity contribution in [2.24, 2.45) is 0 Å². The zero-order chi connectivity index (χ0) is 26.7. The molecule has 2 atom stereocenters. The van der Waals surface area contributed by atoms with E-state index in [1.165, 1.54) is 11.8 Å². The zero-order valence-corrected chi connectivity index (χ0v) is 21.0. The van der Waals surface area contributed by atoms with Crippen LogP contribution in [0, 0.1) is 0 Å². The van der Waals surface area contributed by atoms with Crippen molar-refractivity contribution in [2.75, 3.05) is 12.0 Å². The highest BCUT2D eigenvalue weighted by molar-refractivity contribution is 7.98. The molecule has 1 amide bonds. The topological polar surface area (TPSA) is 29.1 Å².